The van der Waals surface area contributed by atoms with Gasteiger partial charge in [-0.15, -0.1) is 0 Å². The number of nitrogens with two attached hydrogens (primary N) is 1. The van der Waals surface area contributed by atoms with Gasteiger partial charge in [0.1, 0.15) is 0 Å². The second-order valence-electron chi connectivity index (χ2n) is 6.04. The fraction of sp³-hybridized carbons (Fsp3) is 0.533. The Bertz CT molecular complexity index is 494. The van der Waals surface area contributed by atoms with Crippen LogP contribution < -0.4 is 11.1 Å². The first kappa shape index (κ1) is 14.7. The maximum atomic E-state index is 11.1. The van der Waals surface area contributed by atoms with Crippen molar-refractivity contribution >= 4 is 17.3 Å². The van der Waals surface area contributed by atoms with Gasteiger partial charge in [0.2, 0.25) is 0 Å². The number of likely N-dealkylation sites (tertiary alicyclic amines) is 1. The van der Waals surface area contributed by atoms with E-state index in [1.165, 1.54) is 6.07 Å². The predicted octanol–water partition coefficient (Wildman–Crippen LogP) is 2.11. The molecule has 1 aromatic rings. The summed E-state index contributed by atoms with van der Waals surface area (Å²) in [5, 5.41) is 12.4. The van der Waals surface area contributed by atoms with E-state index in [9.17, 15) is 4.79 Å². The molecule has 0 saturated carbocycles. The molecule has 1 aromatic carbocycles. The summed E-state index contributed by atoms with van der Waals surface area (Å²) in [6.45, 7) is 5.28. The molecule has 5 nitrogen and oxygen atoms in total. The van der Waals surface area contributed by atoms with Crippen LogP contribution in [0.5, 0.6) is 0 Å². The Kier molecular flexibility index (Phi) is 4.18. The minimum absolute atomic E-state index is 0.156. The third-order valence-electron chi connectivity index (χ3n) is 4.24. The molecule has 0 aliphatic carbocycles. The van der Waals surface area contributed by atoms with Crippen LogP contribution in [0.1, 0.15) is 30.1 Å². The van der Waals surface area contributed by atoms with Gasteiger partial charge >= 0.3 is 5.97 Å². The molecule has 110 valence electrons. The van der Waals surface area contributed by atoms with Gasteiger partial charge < -0.3 is 21.1 Å². The van der Waals surface area contributed by atoms with Crippen LogP contribution in [0.2, 0.25) is 0 Å². The fourth-order valence-corrected chi connectivity index (χ4v) is 2.55. The number of carboxylic acid groups (broad SMARTS) is 1. The summed E-state index contributed by atoms with van der Waals surface area (Å²) in [6, 6.07) is 5.08. The molecule has 0 amide bonds. The maximum Gasteiger partial charge on any atom is 0.337 e. The Morgan fingerprint density at radius 3 is 2.70 bits per heavy atom. The third-order valence-corrected chi connectivity index (χ3v) is 4.24. The van der Waals surface area contributed by atoms with Crippen molar-refractivity contribution in [3.8, 4) is 0 Å². The first-order valence-electron chi connectivity index (χ1n) is 6.95. The van der Waals surface area contributed by atoms with Gasteiger partial charge in [0.25, 0.3) is 0 Å². The van der Waals surface area contributed by atoms with Crippen LogP contribution in [0.3, 0.4) is 0 Å². The topological polar surface area (TPSA) is 78.6 Å². The van der Waals surface area contributed by atoms with E-state index in [4.69, 9.17) is 10.8 Å². The van der Waals surface area contributed by atoms with Crippen LogP contribution in [0.4, 0.5) is 11.4 Å². The van der Waals surface area contributed by atoms with Gasteiger partial charge in [-0.2, -0.15) is 0 Å². The largest absolute Gasteiger partial charge is 0.478 e. The molecule has 1 fully saturated rings. The summed E-state index contributed by atoms with van der Waals surface area (Å²) in [6.07, 6.45) is 2.27. The number of carboxylic acids is 1. The lowest BCUT2D eigenvalue weighted by Crippen LogP contribution is -2.40. The Balaban J connectivity index is 2.04. The lowest BCUT2D eigenvalue weighted by Gasteiger charge is -2.38. The lowest BCUT2D eigenvalue weighted by molar-refractivity contribution is 0.0698. The quantitative estimate of drug-likeness (QED) is 0.735. The van der Waals surface area contributed by atoms with Crippen LogP contribution in [0.15, 0.2) is 18.2 Å². The van der Waals surface area contributed by atoms with E-state index in [0.717, 1.165) is 32.5 Å². The molecule has 0 radical (unpaired) electrons. The second-order valence-corrected chi connectivity index (χ2v) is 6.04. The van der Waals surface area contributed by atoms with Gasteiger partial charge in [0, 0.05) is 6.54 Å². The fourth-order valence-electron chi connectivity index (χ4n) is 2.55. The first-order chi connectivity index (χ1) is 9.41. The molecule has 0 spiro atoms. The highest BCUT2D eigenvalue weighted by Gasteiger charge is 2.28. The first-order valence-corrected chi connectivity index (χ1v) is 6.95. The Hall–Kier alpha value is -1.75. The molecule has 0 aromatic heterocycles. The van der Waals surface area contributed by atoms with Crippen molar-refractivity contribution < 1.29 is 9.90 Å². The molecular weight excluding hydrogens is 254 g/mol. The van der Waals surface area contributed by atoms with Crippen molar-refractivity contribution in [3.63, 3.8) is 0 Å². The van der Waals surface area contributed by atoms with E-state index in [2.05, 4.69) is 24.2 Å². The number of benzene rings is 1. The summed E-state index contributed by atoms with van der Waals surface area (Å²) in [5.74, 6) is -0.989. The van der Waals surface area contributed by atoms with E-state index in [1.807, 2.05) is 6.07 Å². The number of carbonyl (C=O) groups is 1. The molecule has 1 heterocycles. The van der Waals surface area contributed by atoms with Crippen LogP contribution >= 0.6 is 0 Å². The van der Waals surface area contributed by atoms with Gasteiger partial charge in [0.15, 0.2) is 0 Å². The average Bonchev–Trinajstić information content (AvgIpc) is 2.41. The number of nitrogen functional groups attached to an aromatic ring is 1. The molecule has 1 aliphatic rings. The van der Waals surface area contributed by atoms with Crippen LogP contribution in [0.25, 0.3) is 0 Å². The van der Waals surface area contributed by atoms with Crippen molar-refractivity contribution in [2.45, 2.75) is 19.8 Å². The van der Waals surface area contributed by atoms with Gasteiger partial charge in [-0.3, -0.25) is 0 Å². The smallest absolute Gasteiger partial charge is 0.337 e. The molecule has 0 atom stereocenters. The summed E-state index contributed by atoms with van der Waals surface area (Å²) in [5.41, 5.74) is 7.33. The standard InChI is InChI=1S/C15H23N3O2/c1-15(6-8-18(2)9-7-15)10-17-12-5-3-4-11(13(12)16)14(19)20/h3-5,17H,6-10,16H2,1-2H3,(H,19,20). The zero-order chi connectivity index (χ0) is 14.8. The van der Waals surface area contributed by atoms with E-state index in [-0.39, 0.29) is 11.0 Å². The lowest BCUT2D eigenvalue weighted by atomic mass is 9.80. The van der Waals surface area contributed by atoms with Crippen LogP contribution in [-0.4, -0.2) is 42.7 Å². The molecule has 4 N–H and O–H groups in total. The van der Waals surface area contributed by atoms with E-state index < -0.39 is 5.97 Å². The van der Waals surface area contributed by atoms with Crippen LogP contribution in [-0.2, 0) is 0 Å². The monoisotopic (exact) mass is 277 g/mol. The zero-order valence-corrected chi connectivity index (χ0v) is 12.1. The number of anilines is 2. The number of hydrogen-bond donors (Lipinski definition) is 3. The molecule has 1 aliphatic heterocycles. The van der Waals surface area contributed by atoms with Crippen molar-refractivity contribution in [1.29, 1.82) is 0 Å². The molecule has 20 heavy (non-hydrogen) atoms. The number of rotatable bonds is 4. The van der Waals surface area contributed by atoms with Crippen molar-refractivity contribution in [2.75, 3.05) is 37.7 Å². The average molecular weight is 277 g/mol. The van der Waals surface area contributed by atoms with E-state index >= 15 is 0 Å². The Labute approximate surface area is 119 Å². The highest BCUT2D eigenvalue weighted by Crippen LogP contribution is 2.32. The molecule has 2 rings (SSSR count). The number of para-hydroxylation sites is 1. The number of piperidine rings is 1. The number of hydrogen-bond acceptors (Lipinski definition) is 4. The van der Waals surface area contributed by atoms with Crippen molar-refractivity contribution in [1.82, 2.24) is 4.90 Å². The Morgan fingerprint density at radius 2 is 2.10 bits per heavy atom. The van der Waals surface area contributed by atoms with Crippen LogP contribution in [0, 0.1) is 5.41 Å². The molecule has 0 unspecified atom stereocenters. The highest BCUT2D eigenvalue weighted by atomic mass is 16.4. The normalized spacial score (nSPS) is 18.7. The van der Waals surface area contributed by atoms with Gasteiger partial charge in [-0.1, -0.05) is 13.0 Å². The summed E-state index contributed by atoms with van der Waals surface area (Å²) in [7, 11) is 2.14. The number of nitrogens with zero attached hydrogens (tertiary/aromatic N) is 1. The second kappa shape index (κ2) is 5.71. The van der Waals surface area contributed by atoms with Gasteiger partial charge in [-0.25, -0.2) is 4.79 Å². The third kappa shape index (κ3) is 3.22. The van der Waals surface area contributed by atoms with E-state index in [0.29, 0.717) is 11.4 Å². The SMILES string of the molecule is CN1CCC(C)(CNc2cccc(C(=O)O)c2N)CC1. The minimum atomic E-state index is -0.989. The van der Waals surface area contributed by atoms with Crippen molar-refractivity contribution in [2.24, 2.45) is 5.41 Å². The highest BCUT2D eigenvalue weighted by molar-refractivity contribution is 5.97. The Morgan fingerprint density at radius 1 is 1.45 bits per heavy atom. The summed E-state index contributed by atoms with van der Waals surface area (Å²) >= 11 is 0. The number of nitrogens with one attached hydrogen (secondary N) is 1. The van der Waals surface area contributed by atoms with Crippen molar-refractivity contribution in [3.05, 3.63) is 23.8 Å². The zero-order valence-electron chi connectivity index (χ0n) is 12.1. The minimum Gasteiger partial charge on any atom is -0.478 e. The summed E-state index contributed by atoms with van der Waals surface area (Å²) < 4.78 is 0. The molecular formula is C15H23N3O2. The summed E-state index contributed by atoms with van der Waals surface area (Å²) in [4.78, 5) is 13.4. The molecule has 5 heteroatoms. The number of aromatic carboxylic acids is 1. The molecule has 1 saturated heterocycles. The van der Waals surface area contributed by atoms with E-state index in [1.54, 1.807) is 6.07 Å². The predicted molar refractivity (Wildman–Crippen MR) is 81.1 cm³/mol. The maximum absolute atomic E-state index is 11.1. The van der Waals surface area contributed by atoms with Gasteiger partial charge in [-0.05, 0) is 50.5 Å². The molecule has 0 bridgehead atoms. The van der Waals surface area contributed by atoms with Gasteiger partial charge in [0.05, 0.1) is 16.9 Å².